The Balaban J connectivity index is 1.56. The SMILES string of the molecule is O=c1[nH]nc(-c2ccc(N/N=C/c3ccc(O)cc3O)cc2)c2ccccc12. The third kappa shape index (κ3) is 3.41. The maximum absolute atomic E-state index is 11.9. The summed E-state index contributed by atoms with van der Waals surface area (Å²) >= 11 is 0. The minimum Gasteiger partial charge on any atom is -0.508 e. The van der Waals surface area contributed by atoms with E-state index < -0.39 is 0 Å². The van der Waals surface area contributed by atoms with Crippen LogP contribution in [0.3, 0.4) is 0 Å². The number of hydrogen-bond acceptors (Lipinski definition) is 6. The lowest BCUT2D eigenvalue weighted by Gasteiger charge is -2.06. The van der Waals surface area contributed by atoms with Gasteiger partial charge in [-0.25, -0.2) is 5.10 Å². The fourth-order valence-electron chi connectivity index (χ4n) is 2.86. The molecule has 138 valence electrons. The molecule has 0 radical (unpaired) electrons. The van der Waals surface area contributed by atoms with E-state index >= 15 is 0 Å². The first-order chi connectivity index (χ1) is 13.6. The number of aromatic hydroxyl groups is 2. The Morgan fingerprint density at radius 2 is 1.71 bits per heavy atom. The summed E-state index contributed by atoms with van der Waals surface area (Å²) in [4.78, 5) is 11.9. The number of phenolic OH excluding ortho intramolecular Hbond substituents is 2. The number of nitrogens with one attached hydrogen (secondary N) is 2. The summed E-state index contributed by atoms with van der Waals surface area (Å²) in [5.41, 5.74) is 5.43. The number of aromatic nitrogens is 2. The van der Waals surface area contributed by atoms with Gasteiger partial charge in [-0.05, 0) is 30.3 Å². The Kier molecular flexibility index (Phi) is 4.47. The van der Waals surface area contributed by atoms with E-state index in [4.69, 9.17) is 0 Å². The van der Waals surface area contributed by atoms with Crippen molar-refractivity contribution in [2.75, 3.05) is 5.43 Å². The molecule has 0 unspecified atom stereocenters. The quantitative estimate of drug-likeness (QED) is 0.324. The molecule has 7 nitrogen and oxygen atoms in total. The molecule has 4 aromatic rings. The summed E-state index contributed by atoms with van der Waals surface area (Å²) in [6.07, 6.45) is 1.46. The number of H-pyrrole nitrogens is 1. The molecule has 28 heavy (non-hydrogen) atoms. The van der Waals surface area contributed by atoms with Crippen LogP contribution in [0.15, 0.2) is 76.6 Å². The smallest absolute Gasteiger partial charge is 0.272 e. The van der Waals surface area contributed by atoms with Gasteiger partial charge in [0.2, 0.25) is 0 Å². The van der Waals surface area contributed by atoms with Crippen molar-refractivity contribution in [2.45, 2.75) is 0 Å². The van der Waals surface area contributed by atoms with E-state index in [0.717, 1.165) is 16.6 Å². The summed E-state index contributed by atoms with van der Waals surface area (Å²) in [5, 5.41) is 31.2. The number of benzene rings is 3. The van der Waals surface area contributed by atoms with Crippen LogP contribution in [0.1, 0.15) is 5.56 Å². The van der Waals surface area contributed by atoms with Crippen molar-refractivity contribution >= 4 is 22.7 Å². The summed E-state index contributed by atoms with van der Waals surface area (Å²) in [6.45, 7) is 0. The number of anilines is 1. The Morgan fingerprint density at radius 1 is 0.964 bits per heavy atom. The Labute approximate surface area is 159 Å². The zero-order valence-corrected chi connectivity index (χ0v) is 14.6. The van der Waals surface area contributed by atoms with Crippen molar-refractivity contribution in [3.8, 4) is 22.8 Å². The number of aromatic amines is 1. The number of fused-ring (bicyclic) bond motifs is 1. The van der Waals surface area contributed by atoms with Crippen LogP contribution in [0.5, 0.6) is 11.5 Å². The van der Waals surface area contributed by atoms with Gasteiger partial charge in [-0.15, -0.1) is 0 Å². The minimum absolute atomic E-state index is 0.0124. The number of phenols is 2. The zero-order valence-electron chi connectivity index (χ0n) is 14.6. The van der Waals surface area contributed by atoms with Gasteiger partial charge < -0.3 is 10.2 Å². The fraction of sp³-hybridized carbons (Fsp3) is 0. The molecule has 1 aromatic heterocycles. The van der Waals surface area contributed by atoms with Gasteiger partial charge in [-0.2, -0.15) is 10.2 Å². The fourth-order valence-corrected chi connectivity index (χ4v) is 2.86. The van der Waals surface area contributed by atoms with E-state index in [1.54, 1.807) is 12.1 Å². The van der Waals surface area contributed by atoms with E-state index in [-0.39, 0.29) is 17.1 Å². The van der Waals surface area contributed by atoms with Crippen LogP contribution in [0, 0.1) is 0 Å². The van der Waals surface area contributed by atoms with Crippen molar-refractivity contribution in [1.82, 2.24) is 10.2 Å². The summed E-state index contributed by atoms with van der Waals surface area (Å²) < 4.78 is 0. The highest BCUT2D eigenvalue weighted by Crippen LogP contribution is 2.25. The number of hydrazone groups is 1. The van der Waals surface area contributed by atoms with E-state index in [2.05, 4.69) is 20.7 Å². The molecule has 0 aliphatic rings. The van der Waals surface area contributed by atoms with Crippen LogP contribution in [0.4, 0.5) is 5.69 Å². The normalized spacial score (nSPS) is 11.1. The molecule has 0 atom stereocenters. The predicted molar refractivity (Wildman–Crippen MR) is 109 cm³/mol. The first kappa shape index (κ1) is 17.3. The standard InChI is InChI=1S/C21H16N4O3/c26-16-10-7-14(19(27)11-16)12-22-23-15-8-5-13(6-9-15)20-17-3-1-2-4-18(17)21(28)25-24-20/h1-12,23,26-27H,(H,25,28)/b22-12+. The predicted octanol–water partition coefficient (Wildman–Crippen LogP) is 3.45. The van der Waals surface area contributed by atoms with Gasteiger partial charge in [0, 0.05) is 22.6 Å². The molecule has 3 aromatic carbocycles. The van der Waals surface area contributed by atoms with E-state index in [1.165, 1.54) is 18.3 Å². The van der Waals surface area contributed by atoms with Crippen molar-refractivity contribution in [2.24, 2.45) is 5.10 Å². The molecule has 0 aliphatic heterocycles. The van der Waals surface area contributed by atoms with Crippen LogP contribution in [-0.4, -0.2) is 26.6 Å². The Bertz CT molecular complexity index is 1230. The number of nitrogens with zero attached hydrogens (tertiary/aromatic N) is 2. The van der Waals surface area contributed by atoms with E-state index in [0.29, 0.717) is 16.6 Å². The highest BCUT2D eigenvalue weighted by molar-refractivity contribution is 5.93. The lowest BCUT2D eigenvalue weighted by molar-refractivity contribution is 0.450. The second-order valence-corrected chi connectivity index (χ2v) is 6.14. The molecule has 0 spiro atoms. The molecule has 1 heterocycles. The van der Waals surface area contributed by atoms with Crippen LogP contribution >= 0.6 is 0 Å². The Morgan fingerprint density at radius 3 is 2.46 bits per heavy atom. The highest BCUT2D eigenvalue weighted by Gasteiger charge is 2.08. The number of rotatable bonds is 4. The summed E-state index contributed by atoms with van der Waals surface area (Å²) in [6, 6.07) is 19.0. The van der Waals surface area contributed by atoms with Crippen LogP contribution in [-0.2, 0) is 0 Å². The lowest BCUT2D eigenvalue weighted by atomic mass is 10.0. The highest BCUT2D eigenvalue weighted by atomic mass is 16.3. The van der Waals surface area contributed by atoms with Gasteiger partial charge in [0.05, 0.1) is 23.0 Å². The van der Waals surface area contributed by atoms with Gasteiger partial charge in [0.25, 0.3) is 5.56 Å². The first-order valence-corrected chi connectivity index (χ1v) is 8.51. The minimum atomic E-state index is -0.218. The van der Waals surface area contributed by atoms with Crippen LogP contribution < -0.4 is 11.0 Å². The molecule has 0 aliphatic carbocycles. The zero-order chi connectivity index (χ0) is 19.5. The van der Waals surface area contributed by atoms with Gasteiger partial charge in [-0.3, -0.25) is 10.2 Å². The molecular formula is C21H16N4O3. The lowest BCUT2D eigenvalue weighted by Crippen LogP contribution is -2.09. The van der Waals surface area contributed by atoms with Crippen molar-refractivity contribution < 1.29 is 10.2 Å². The van der Waals surface area contributed by atoms with Gasteiger partial charge in [0.1, 0.15) is 11.5 Å². The average Bonchev–Trinajstić information content (AvgIpc) is 2.71. The molecule has 0 saturated heterocycles. The van der Waals surface area contributed by atoms with Crippen molar-refractivity contribution in [3.05, 3.63) is 82.6 Å². The molecule has 7 heteroatoms. The number of hydrogen-bond donors (Lipinski definition) is 4. The van der Waals surface area contributed by atoms with Crippen LogP contribution in [0.25, 0.3) is 22.0 Å². The molecule has 4 rings (SSSR count). The third-order valence-corrected chi connectivity index (χ3v) is 4.27. The maximum Gasteiger partial charge on any atom is 0.272 e. The average molecular weight is 372 g/mol. The van der Waals surface area contributed by atoms with E-state index in [1.807, 2.05) is 42.5 Å². The second kappa shape index (κ2) is 7.24. The largest absolute Gasteiger partial charge is 0.508 e. The topological polar surface area (TPSA) is 111 Å². The summed E-state index contributed by atoms with van der Waals surface area (Å²) in [5.74, 6) is -0.0708. The monoisotopic (exact) mass is 372 g/mol. The van der Waals surface area contributed by atoms with Gasteiger partial charge in [0.15, 0.2) is 0 Å². The maximum atomic E-state index is 11.9. The van der Waals surface area contributed by atoms with Gasteiger partial charge in [-0.1, -0.05) is 30.3 Å². The molecule has 0 fully saturated rings. The summed E-state index contributed by atoms with van der Waals surface area (Å²) in [7, 11) is 0. The third-order valence-electron chi connectivity index (χ3n) is 4.27. The molecular weight excluding hydrogens is 356 g/mol. The molecule has 0 saturated carbocycles. The van der Waals surface area contributed by atoms with Crippen LogP contribution in [0.2, 0.25) is 0 Å². The van der Waals surface area contributed by atoms with Crippen molar-refractivity contribution in [1.29, 1.82) is 0 Å². The second-order valence-electron chi connectivity index (χ2n) is 6.14. The van der Waals surface area contributed by atoms with Gasteiger partial charge >= 0.3 is 0 Å². The van der Waals surface area contributed by atoms with E-state index in [9.17, 15) is 15.0 Å². The first-order valence-electron chi connectivity index (χ1n) is 8.51. The Hall–Kier alpha value is -4.13. The van der Waals surface area contributed by atoms with Crippen molar-refractivity contribution in [3.63, 3.8) is 0 Å². The molecule has 0 bridgehead atoms. The molecule has 0 amide bonds. The molecule has 4 N–H and O–H groups in total.